The minimum Gasteiger partial charge on any atom is -0.312 e. The summed E-state index contributed by atoms with van der Waals surface area (Å²) in [7, 11) is 0. The van der Waals surface area contributed by atoms with Gasteiger partial charge in [-0.2, -0.15) is 0 Å². The zero-order valence-corrected chi connectivity index (χ0v) is 10.6. The van der Waals surface area contributed by atoms with Crippen LogP contribution in [0.15, 0.2) is 42.7 Å². The Kier molecular flexibility index (Phi) is 4.67. The van der Waals surface area contributed by atoms with Gasteiger partial charge in [-0.25, -0.2) is 4.39 Å². The fraction of sp³-hybridized carbons (Fsp3) is 0.214. The van der Waals surface area contributed by atoms with Crippen LogP contribution in [0.1, 0.15) is 11.1 Å². The van der Waals surface area contributed by atoms with Crippen LogP contribution in [0, 0.1) is 5.82 Å². The van der Waals surface area contributed by atoms with Gasteiger partial charge in [0.2, 0.25) is 0 Å². The summed E-state index contributed by atoms with van der Waals surface area (Å²) in [6.07, 6.45) is 4.47. The topological polar surface area (TPSA) is 24.9 Å². The van der Waals surface area contributed by atoms with E-state index in [0.29, 0.717) is 11.6 Å². The van der Waals surface area contributed by atoms with Crippen molar-refractivity contribution in [1.29, 1.82) is 0 Å². The van der Waals surface area contributed by atoms with Crippen molar-refractivity contribution in [3.05, 3.63) is 64.7 Å². The second-order valence-corrected chi connectivity index (χ2v) is 4.43. The first-order valence-corrected chi connectivity index (χ1v) is 6.17. The molecule has 1 aromatic heterocycles. The summed E-state index contributed by atoms with van der Waals surface area (Å²) in [5, 5.41) is 3.84. The van der Waals surface area contributed by atoms with Gasteiger partial charge in [-0.1, -0.05) is 11.6 Å². The number of nitrogens with zero attached hydrogens (tertiary/aromatic N) is 1. The number of hydrogen-bond acceptors (Lipinski definition) is 2. The molecule has 0 atom stereocenters. The molecule has 0 radical (unpaired) electrons. The standard InChI is InChI=1S/C14H14ClFN2/c15-14-2-1-13(16)9-12(14)10-18-8-5-11-3-6-17-7-4-11/h1-4,6-7,9,18H,5,8,10H2. The molecule has 0 aliphatic carbocycles. The van der Waals surface area contributed by atoms with E-state index in [0.717, 1.165) is 18.5 Å². The highest BCUT2D eigenvalue weighted by Gasteiger charge is 2.01. The maximum Gasteiger partial charge on any atom is 0.123 e. The van der Waals surface area contributed by atoms with Gasteiger partial charge in [0.25, 0.3) is 0 Å². The predicted molar refractivity (Wildman–Crippen MR) is 71.1 cm³/mol. The smallest absolute Gasteiger partial charge is 0.123 e. The molecule has 94 valence electrons. The lowest BCUT2D eigenvalue weighted by atomic mass is 10.2. The van der Waals surface area contributed by atoms with Gasteiger partial charge in [0.15, 0.2) is 0 Å². The third-order valence-corrected chi connectivity index (χ3v) is 3.03. The van der Waals surface area contributed by atoms with E-state index in [4.69, 9.17) is 11.6 Å². The van der Waals surface area contributed by atoms with Crippen LogP contribution in [-0.2, 0) is 13.0 Å². The summed E-state index contributed by atoms with van der Waals surface area (Å²) in [4.78, 5) is 3.96. The predicted octanol–water partition coefficient (Wildman–Crippen LogP) is 3.21. The van der Waals surface area contributed by atoms with E-state index in [2.05, 4.69) is 10.3 Å². The Morgan fingerprint density at radius 3 is 2.72 bits per heavy atom. The molecule has 0 amide bonds. The summed E-state index contributed by atoms with van der Waals surface area (Å²) in [6, 6.07) is 8.37. The van der Waals surface area contributed by atoms with E-state index >= 15 is 0 Å². The molecule has 1 aromatic carbocycles. The van der Waals surface area contributed by atoms with E-state index in [1.54, 1.807) is 18.5 Å². The zero-order valence-electron chi connectivity index (χ0n) is 9.87. The fourth-order valence-corrected chi connectivity index (χ4v) is 1.87. The van der Waals surface area contributed by atoms with Gasteiger partial charge in [0.05, 0.1) is 0 Å². The average Bonchev–Trinajstić information content (AvgIpc) is 2.40. The van der Waals surface area contributed by atoms with E-state index in [9.17, 15) is 4.39 Å². The first-order valence-electron chi connectivity index (χ1n) is 5.79. The van der Waals surface area contributed by atoms with Crippen LogP contribution in [-0.4, -0.2) is 11.5 Å². The molecule has 0 saturated heterocycles. The molecule has 4 heteroatoms. The number of halogens is 2. The van der Waals surface area contributed by atoms with Crippen molar-refractivity contribution < 1.29 is 4.39 Å². The Hall–Kier alpha value is -1.45. The molecule has 0 unspecified atom stereocenters. The molecule has 1 N–H and O–H groups in total. The molecule has 0 spiro atoms. The highest BCUT2D eigenvalue weighted by Crippen LogP contribution is 2.16. The second kappa shape index (κ2) is 6.47. The van der Waals surface area contributed by atoms with Gasteiger partial charge in [0, 0.05) is 24.0 Å². The van der Waals surface area contributed by atoms with Gasteiger partial charge >= 0.3 is 0 Å². The third kappa shape index (κ3) is 3.79. The Morgan fingerprint density at radius 1 is 1.17 bits per heavy atom. The van der Waals surface area contributed by atoms with Gasteiger partial charge in [0.1, 0.15) is 5.82 Å². The first kappa shape index (κ1) is 13.0. The molecule has 0 bridgehead atoms. The van der Waals surface area contributed by atoms with Crippen molar-refractivity contribution in [3.8, 4) is 0 Å². The quantitative estimate of drug-likeness (QED) is 0.839. The number of aromatic nitrogens is 1. The summed E-state index contributed by atoms with van der Waals surface area (Å²) < 4.78 is 13.0. The molecular weight excluding hydrogens is 251 g/mol. The molecule has 2 nitrogen and oxygen atoms in total. The largest absolute Gasteiger partial charge is 0.312 e. The van der Waals surface area contributed by atoms with Crippen LogP contribution < -0.4 is 5.32 Å². The summed E-state index contributed by atoms with van der Waals surface area (Å²) >= 11 is 5.98. The maximum absolute atomic E-state index is 13.0. The number of hydrogen-bond donors (Lipinski definition) is 1. The Labute approximate surface area is 111 Å². The van der Waals surface area contributed by atoms with Crippen LogP contribution in [0.25, 0.3) is 0 Å². The van der Waals surface area contributed by atoms with Crippen molar-refractivity contribution in [2.24, 2.45) is 0 Å². The van der Waals surface area contributed by atoms with E-state index in [-0.39, 0.29) is 5.82 Å². The highest BCUT2D eigenvalue weighted by atomic mass is 35.5. The van der Waals surface area contributed by atoms with Crippen molar-refractivity contribution in [1.82, 2.24) is 10.3 Å². The Balaban J connectivity index is 1.80. The number of rotatable bonds is 5. The normalized spacial score (nSPS) is 10.6. The van der Waals surface area contributed by atoms with E-state index < -0.39 is 0 Å². The number of benzene rings is 1. The monoisotopic (exact) mass is 264 g/mol. The van der Waals surface area contributed by atoms with Crippen LogP contribution >= 0.6 is 11.6 Å². The lowest BCUT2D eigenvalue weighted by molar-refractivity contribution is 0.620. The van der Waals surface area contributed by atoms with Crippen molar-refractivity contribution in [3.63, 3.8) is 0 Å². The molecule has 2 aromatic rings. The van der Waals surface area contributed by atoms with Crippen LogP contribution in [0.4, 0.5) is 4.39 Å². The molecule has 0 aliphatic heterocycles. The van der Waals surface area contributed by atoms with Crippen LogP contribution in [0.3, 0.4) is 0 Å². The van der Waals surface area contributed by atoms with Crippen molar-refractivity contribution >= 4 is 11.6 Å². The summed E-state index contributed by atoms with van der Waals surface area (Å²) in [5.41, 5.74) is 2.01. The molecule has 1 heterocycles. The minimum absolute atomic E-state index is 0.259. The number of pyridine rings is 1. The second-order valence-electron chi connectivity index (χ2n) is 4.02. The first-order chi connectivity index (χ1) is 8.75. The van der Waals surface area contributed by atoms with E-state index in [1.807, 2.05) is 12.1 Å². The van der Waals surface area contributed by atoms with Crippen LogP contribution in [0.2, 0.25) is 5.02 Å². The van der Waals surface area contributed by atoms with E-state index in [1.165, 1.54) is 17.7 Å². The van der Waals surface area contributed by atoms with Gasteiger partial charge < -0.3 is 5.32 Å². The number of nitrogens with one attached hydrogen (secondary N) is 1. The summed E-state index contributed by atoms with van der Waals surface area (Å²) in [5.74, 6) is -0.259. The molecule has 0 saturated carbocycles. The van der Waals surface area contributed by atoms with Crippen LogP contribution in [0.5, 0.6) is 0 Å². The lowest BCUT2D eigenvalue weighted by Crippen LogP contribution is -2.17. The Bertz CT molecular complexity index is 502. The van der Waals surface area contributed by atoms with Gasteiger partial charge in [-0.05, 0) is 54.4 Å². The van der Waals surface area contributed by atoms with Crippen molar-refractivity contribution in [2.45, 2.75) is 13.0 Å². The lowest BCUT2D eigenvalue weighted by Gasteiger charge is -2.07. The Morgan fingerprint density at radius 2 is 1.94 bits per heavy atom. The molecule has 2 rings (SSSR count). The minimum atomic E-state index is -0.259. The average molecular weight is 265 g/mol. The molecule has 0 fully saturated rings. The summed E-state index contributed by atoms with van der Waals surface area (Å²) in [6.45, 7) is 1.39. The van der Waals surface area contributed by atoms with Crippen molar-refractivity contribution in [2.75, 3.05) is 6.54 Å². The molecule has 0 aliphatic rings. The van der Waals surface area contributed by atoms with Gasteiger partial charge in [-0.15, -0.1) is 0 Å². The maximum atomic E-state index is 13.0. The van der Waals surface area contributed by atoms with Gasteiger partial charge in [-0.3, -0.25) is 4.98 Å². The SMILES string of the molecule is Fc1ccc(Cl)c(CNCCc2ccncc2)c1. The molecule has 18 heavy (non-hydrogen) atoms. The molecular formula is C14H14ClFN2. The zero-order chi connectivity index (χ0) is 12.8. The third-order valence-electron chi connectivity index (χ3n) is 2.66. The fourth-order valence-electron chi connectivity index (χ4n) is 1.68. The highest BCUT2D eigenvalue weighted by molar-refractivity contribution is 6.31.